The van der Waals surface area contributed by atoms with Gasteiger partial charge in [0.2, 0.25) is 0 Å². The van der Waals surface area contributed by atoms with Crippen molar-refractivity contribution in [3.63, 3.8) is 0 Å². The first-order chi connectivity index (χ1) is 15.1. The highest BCUT2D eigenvalue weighted by Crippen LogP contribution is 2.20. The van der Waals surface area contributed by atoms with Crippen LogP contribution in [0.4, 0.5) is 5.69 Å². The maximum absolute atomic E-state index is 12.5. The molecule has 5 heteroatoms. The third-order valence-electron chi connectivity index (χ3n) is 5.04. The first kappa shape index (κ1) is 20.7. The van der Waals surface area contributed by atoms with E-state index in [9.17, 15) is 4.79 Å². The second-order valence-corrected chi connectivity index (χ2v) is 7.63. The van der Waals surface area contributed by atoms with Gasteiger partial charge in [0.05, 0.1) is 6.61 Å². The molecule has 0 bridgehead atoms. The van der Waals surface area contributed by atoms with Crippen LogP contribution in [0.15, 0.2) is 71.1 Å². The number of nitrogens with one attached hydrogen (secondary N) is 1. The largest absolute Gasteiger partial charge is 0.494 e. The van der Waals surface area contributed by atoms with E-state index in [2.05, 4.69) is 17.2 Å². The molecule has 0 saturated carbocycles. The van der Waals surface area contributed by atoms with Gasteiger partial charge in [0.1, 0.15) is 11.3 Å². The van der Waals surface area contributed by atoms with Crippen molar-refractivity contribution >= 4 is 22.7 Å². The molecule has 0 saturated heterocycles. The number of aromatic nitrogens is 1. The van der Waals surface area contributed by atoms with E-state index in [0.29, 0.717) is 24.5 Å². The van der Waals surface area contributed by atoms with Crippen LogP contribution in [0.2, 0.25) is 0 Å². The minimum atomic E-state index is -0.151. The highest BCUT2D eigenvalue weighted by molar-refractivity contribution is 6.04. The van der Waals surface area contributed by atoms with Crippen LogP contribution < -0.4 is 10.1 Å². The van der Waals surface area contributed by atoms with Crippen molar-refractivity contribution in [1.29, 1.82) is 0 Å². The summed E-state index contributed by atoms with van der Waals surface area (Å²) in [5.74, 6) is 1.31. The predicted octanol–water partition coefficient (Wildman–Crippen LogP) is 6.16. The van der Waals surface area contributed by atoms with Crippen LogP contribution in [0.1, 0.15) is 47.1 Å². The van der Waals surface area contributed by atoms with Crippen molar-refractivity contribution in [2.45, 2.75) is 33.1 Å². The number of amides is 1. The first-order valence-electron chi connectivity index (χ1n) is 10.6. The highest BCUT2D eigenvalue weighted by atomic mass is 16.5. The maximum Gasteiger partial charge on any atom is 0.255 e. The van der Waals surface area contributed by atoms with Gasteiger partial charge in [0.25, 0.3) is 5.91 Å². The number of oxazole rings is 1. The standard InChI is InChI=1S/C26H26N2O3/c1-3-4-15-30-22-12-8-20(9-13-22)26(29)27-21-10-6-19(7-11-21)17-25-28-23-16-18(2)5-14-24(23)31-25/h5-14,16H,3-4,15,17H2,1-2H3,(H,27,29). The summed E-state index contributed by atoms with van der Waals surface area (Å²) >= 11 is 0. The Labute approximate surface area is 182 Å². The average Bonchev–Trinajstić information content (AvgIpc) is 3.17. The second-order valence-electron chi connectivity index (χ2n) is 7.63. The van der Waals surface area contributed by atoms with Crippen LogP contribution in [-0.2, 0) is 6.42 Å². The molecule has 0 aliphatic heterocycles. The first-order valence-corrected chi connectivity index (χ1v) is 10.6. The molecule has 0 radical (unpaired) electrons. The van der Waals surface area contributed by atoms with Crippen LogP contribution >= 0.6 is 0 Å². The molecule has 0 aliphatic rings. The number of hydrogen-bond acceptors (Lipinski definition) is 4. The van der Waals surface area contributed by atoms with Gasteiger partial charge in [-0.05, 0) is 73.0 Å². The van der Waals surface area contributed by atoms with Gasteiger partial charge in [-0.15, -0.1) is 0 Å². The number of nitrogens with zero attached hydrogens (tertiary/aromatic N) is 1. The Hall–Kier alpha value is -3.60. The van der Waals surface area contributed by atoms with Crippen LogP contribution in [0, 0.1) is 6.92 Å². The lowest BCUT2D eigenvalue weighted by Crippen LogP contribution is -2.11. The van der Waals surface area contributed by atoms with Gasteiger partial charge in [-0.1, -0.05) is 31.5 Å². The molecule has 5 nitrogen and oxygen atoms in total. The van der Waals surface area contributed by atoms with Gasteiger partial charge in [-0.25, -0.2) is 4.98 Å². The van der Waals surface area contributed by atoms with E-state index < -0.39 is 0 Å². The summed E-state index contributed by atoms with van der Waals surface area (Å²) in [6.45, 7) is 4.86. The topological polar surface area (TPSA) is 64.4 Å². The van der Waals surface area contributed by atoms with E-state index >= 15 is 0 Å². The lowest BCUT2D eigenvalue weighted by Gasteiger charge is -2.08. The third-order valence-corrected chi connectivity index (χ3v) is 5.04. The molecule has 0 aliphatic carbocycles. The molecular formula is C26H26N2O3. The van der Waals surface area contributed by atoms with E-state index in [4.69, 9.17) is 9.15 Å². The number of anilines is 1. The lowest BCUT2D eigenvalue weighted by molar-refractivity contribution is 0.102. The van der Waals surface area contributed by atoms with Gasteiger partial charge in [-0.3, -0.25) is 4.79 Å². The van der Waals surface area contributed by atoms with Crippen molar-refractivity contribution in [3.8, 4) is 5.75 Å². The quantitative estimate of drug-likeness (QED) is 0.351. The number of ether oxygens (including phenoxy) is 1. The molecular weight excluding hydrogens is 388 g/mol. The summed E-state index contributed by atoms with van der Waals surface area (Å²) < 4.78 is 11.5. The Morgan fingerprint density at radius 1 is 1.03 bits per heavy atom. The normalized spacial score (nSPS) is 10.9. The number of carbonyl (C=O) groups excluding carboxylic acids is 1. The van der Waals surface area contributed by atoms with Gasteiger partial charge in [-0.2, -0.15) is 0 Å². The Morgan fingerprint density at radius 3 is 2.55 bits per heavy atom. The summed E-state index contributed by atoms with van der Waals surface area (Å²) in [7, 11) is 0. The van der Waals surface area contributed by atoms with Crippen LogP contribution in [0.3, 0.4) is 0 Å². The number of rotatable bonds is 8. The van der Waals surface area contributed by atoms with Crippen molar-refractivity contribution in [1.82, 2.24) is 4.98 Å². The van der Waals surface area contributed by atoms with Crippen LogP contribution in [-0.4, -0.2) is 17.5 Å². The molecule has 4 aromatic rings. The molecule has 1 amide bonds. The fourth-order valence-corrected chi connectivity index (χ4v) is 3.28. The molecule has 31 heavy (non-hydrogen) atoms. The van der Waals surface area contributed by atoms with Crippen molar-refractivity contribution in [2.75, 3.05) is 11.9 Å². The summed E-state index contributed by atoms with van der Waals surface area (Å²) in [6.07, 6.45) is 2.71. The van der Waals surface area contributed by atoms with E-state index in [0.717, 1.165) is 46.5 Å². The molecule has 1 N–H and O–H groups in total. The van der Waals surface area contributed by atoms with Gasteiger partial charge in [0, 0.05) is 17.7 Å². The van der Waals surface area contributed by atoms with Gasteiger partial charge < -0.3 is 14.5 Å². The van der Waals surface area contributed by atoms with Gasteiger partial charge in [0.15, 0.2) is 11.5 Å². The number of carbonyl (C=O) groups is 1. The molecule has 0 atom stereocenters. The molecule has 0 spiro atoms. The Kier molecular flexibility index (Phi) is 6.32. The summed E-state index contributed by atoms with van der Waals surface area (Å²) in [5.41, 5.74) is 5.23. The fourth-order valence-electron chi connectivity index (χ4n) is 3.28. The molecule has 0 fully saturated rings. The summed E-state index contributed by atoms with van der Waals surface area (Å²) in [5, 5.41) is 2.93. The zero-order chi connectivity index (χ0) is 21.6. The van der Waals surface area contributed by atoms with Crippen molar-refractivity contribution in [2.24, 2.45) is 0 Å². The van der Waals surface area contributed by atoms with Crippen molar-refractivity contribution < 1.29 is 13.9 Å². The number of hydrogen-bond donors (Lipinski definition) is 1. The van der Waals surface area contributed by atoms with Crippen LogP contribution in [0.5, 0.6) is 5.75 Å². The molecule has 3 aromatic carbocycles. The molecule has 158 valence electrons. The Morgan fingerprint density at radius 2 is 1.81 bits per heavy atom. The number of benzene rings is 3. The Bertz CT molecular complexity index is 1160. The molecule has 1 heterocycles. The highest BCUT2D eigenvalue weighted by Gasteiger charge is 2.09. The lowest BCUT2D eigenvalue weighted by atomic mass is 10.1. The third kappa shape index (κ3) is 5.31. The summed E-state index contributed by atoms with van der Waals surface area (Å²) in [4.78, 5) is 17.1. The number of aryl methyl sites for hydroxylation is 1. The van der Waals surface area contributed by atoms with E-state index in [1.807, 2.05) is 61.5 Å². The zero-order valence-electron chi connectivity index (χ0n) is 17.9. The fraction of sp³-hybridized carbons (Fsp3) is 0.231. The van der Waals surface area contributed by atoms with Gasteiger partial charge >= 0.3 is 0 Å². The number of fused-ring (bicyclic) bond motifs is 1. The molecule has 1 aromatic heterocycles. The predicted molar refractivity (Wildman–Crippen MR) is 123 cm³/mol. The number of unbranched alkanes of at least 4 members (excludes halogenated alkanes) is 1. The average molecular weight is 415 g/mol. The molecule has 4 rings (SSSR count). The minimum Gasteiger partial charge on any atom is -0.494 e. The van der Waals surface area contributed by atoms with E-state index in [-0.39, 0.29) is 5.91 Å². The second kappa shape index (κ2) is 9.47. The van der Waals surface area contributed by atoms with E-state index in [1.54, 1.807) is 12.1 Å². The Balaban J connectivity index is 1.35. The maximum atomic E-state index is 12.5. The zero-order valence-corrected chi connectivity index (χ0v) is 17.9. The summed E-state index contributed by atoms with van der Waals surface area (Å²) in [6, 6.07) is 20.9. The SMILES string of the molecule is CCCCOc1ccc(C(=O)Nc2ccc(Cc3nc4cc(C)ccc4o3)cc2)cc1. The smallest absolute Gasteiger partial charge is 0.255 e. The monoisotopic (exact) mass is 414 g/mol. The molecule has 0 unspecified atom stereocenters. The van der Waals surface area contributed by atoms with E-state index in [1.165, 1.54) is 0 Å². The minimum absolute atomic E-state index is 0.151. The van der Waals surface area contributed by atoms with Crippen molar-refractivity contribution in [3.05, 3.63) is 89.3 Å². The van der Waals surface area contributed by atoms with Crippen LogP contribution in [0.25, 0.3) is 11.1 Å².